The first-order valence-corrected chi connectivity index (χ1v) is 8.90. The molecule has 1 aliphatic carbocycles. The third-order valence-corrected chi connectivity index (χ3v) is 5.04. The quantitative estimate of drug-likeness (QED) is 0.805. The molecule has 1 amide bonds. The molecule has 0 saturated heterocycles. The van der Waals surface area contributed by atoms with Crippen LogP contribution in [0, 0.1) is 17.7 Å². The fraction of sp³-hybridized carbons (Fsp3) is 0.632. The monoisotopic (exact) mass is 335 g/mol. The lowest BCUT2D eigenvalue weighted by Gasteiger charge is -2.37. The van der Waals surface area contributed by atoms with Crippen molar-refractivity contribution >= 4 is 5.91 Å². The molecule has 1 unspecified atom stereocenters. The minimum Gasteiger partial charge on any atom is -0.356 e. The number of hydrogen-bond acceptors (Lipinski definition) is 3. The first-order chi connectivity index (χ1) is 11.5. The van der Waals surface area contributed by atoms with Gasteiger partial charge in [0.05, 0.1) is 0 Å². The highest BCUT2D eigenvalue weighted by atomic mass is 19.1. The number of benzene rings is 1. The molecule has 24 heavy (non-hydrogen) atoms. The molecule has 0 aromatic heterocycles. The van der Waals surface area contributed by atoms with Crippen molar-refractivity contribution in [2.75, 3.05) is 27.2 Å². The van der Waals surface area contributed by atoms with Crippen LogP contribution in [0.1, 0.15) is 43.7 Å². The van der Waals surface area contributed by atoms with E-state index in [-0.39, 0.29) is 17.8 Å². The summed E-state index contributed by atoms with van der Waals surface area (Å²) in [6, 6.07) is 7.21. The number of hydrogen-bond donors (Lipinski definition) is 2. The van der Waals surface area contributed by atoms with E-state index in [0.717, 1.165) is 37.8 Å². The number of rotatable bonds is 7. The zero-order chi connectivity index (χ0) is 17.5. The van der Waals surface area contributed by atoms with Crippen molar-refractivity contribution in [2.45, 2.75) is 38.1 Å². The summed E-state index contributed by atoms with van der Waals surface area (Å²) in [6.45, 7) is 1.15. The Morgan fingerprint density at radius 2 is 2.04 bits per heavy atom. The average molecular weight is 335 g/mol. The fourth-order valence-corrected chi connectivity index (χ4v) is 3.87. The summed E-state index contributed by atoms with van der Waals surface area (Å²) >= 11 is 0. The van der Waals surface area contributed by atoms with Gasteiger partial charge in [-0.2, -0.15) is 0 Å². The number of halogens is 1. The standard InChI is InChI=1S/C19H30FN3O/c1-23(2)19(16-4-3-5-17(20)12-16)15-8-6-14(7-9-15)13-22-18(24)10-11-21/h3-5,12,14-15,19H,6-11,13,21H2,1-2H3,(H,22,24). The van der Waals surface area contributed by atoms with Crippen molar-refractivity contribution < 1.29 is 9.18 Å². The maximum Gasteiger partial charge on any atom is 0.221 e. The topological polar surface area (TPSA) is 58.4 Å². The second-order valence-electron chi connectivity index (χ2n) is 7.09. The van der Waals surface area contributed by atoms with E-state index in [4.69, 9.17) is 5.73 Å². The summed E-state index contributed by atoms with van der Waals surface area (Å²) in [6.07, 6.45) is 4.83. The van der Waals surface area contributed by atoms with E-state index in [1.54, 1.807) is 12.1 Å². The third-order valence-electron chi connectivity index (χ3n) is 5.04. The van der Waals surface area contributed by atoms with E-state index in [1.807, 2.05) is 6.07 Å². The van der Waals surface area contributed by atoms with Crippen molar-refractivity contribution in [3.05, 3.63) is 35.6 Å². The molecule has 1 aromatic carbocycles. The highest BCUT2D eigenvalue weighted by Crippen LogP contribution is 2.39. The molecule has 4 nitrogen and oxygen atoms in total. The molecule has 2 rings (SSSR count). The lowest BCUT2D eigenvalue weighted by atomic mass is 9.76. The first kappa shape index (κ1) is 18.9. The van der Waals surface area contributed by atoms with Crippen LogP contribution in [0.3, 0.4) is 0 Å². The van der Waals surface area contributed by atoms with Crippen LogP contribution in [-0.4, -0.2) is 38.0 Å². The van der Waals surface area contributed by atoms with E-state index >= 15 is 0 Å². The fourth-order valence-electron chi connectivity index (χ4n) is 3.87. The molecule has 5 heteroatoms. The van der Waals surface area contributed by atoms with Gasteiger partial charge in [0.25, 0.3) is 0 Å². The lowest BCUT2D eigenvalue weighted by Crippen LogP contribution is -2.35. The Bertz CT molecular complexity index is 527. The Morgan fingerprint density at radius 1 is 1.33 bits per heavy atom. The van der Waals surface area contributed by atoms with Crippen LogP contribution >= 0.6 is 0 Å². The summed E-state index contributed by atoms with van der Waals surface area (Å²) in [5, 5.41) is 2.98. The molecule has 1 atom stereocenters. The van der Waals surface area contributed by atoms with Crippen molar-refractivity contribution in [3.63, 3.8) is 0 Å². The van der Waals surface area contributed by atoms with Crippen molar-refractivity contribution in [2.24, 2.45) is 17.6 Å². The van der Waals surface area contributed by atoms with Gasteiger partial charge in [0.1, 0.15) is 5.82 Å². The van der Waals surface area contributed by atoms with Gasteiger partial charge in [-0.1, -0.05) is 12.1 Å². The van der Waals surface area contributed by atoms with Crippen molar-refractivity contribution in [1.29, 1.82) is 0 Å². The molecule has 3 N–H and O–H groups in total. The maximum absolute atomic E-state index is 13.6. The van der Waals surface area contributed by atoms with Crippen molar-refractivity contribution in [1.82, 2.24) is 10.2 Å². The number of nitrogens with two attached hydrogens (primary N) is 1. The van der Waals surface area contributed by atoms with Gasteiger partial charge in [0, 0.05) is 25.6 Å². The number of nitrogens with one attached hydrogen (secondary N) is 1. The van der Waals surface area contributed by atoms with Crippen LogP contribution in [-0.2, 0) is 4.79 Å². The van der Waals surface area contributed by atoms with Crippen LogP contribution in [0.25, 0.3) is 0 Å². The van der Waals surface area contributed by atoms with Gasteiger partial charge in [0.15, 0.2) is 0 Å². The first-order valence-electron chi connectivity index (χ1n) is 8.90. The highest BCUT2D eigenvalue weighted by Gasteiger charge is 2.30. The molecule has 0 heterocycles. The smallest absolute Gasteiger partial charge is 0.221 e. The molecule has 1 aliphatic rings. The Kier molecular flexibility index (Phi) is 7.18. The van der Waals surface area contributed by atoms with Gasteiger partial charge in [-0.15, -0.1) is 0 Å². The molecule has 0 aliphatic heterocycles. The summed E-state index contributed by atoms with van der Waals surface area (Å²) in [5.74, 6) is 0.942. The molecular formula is C19H30FN3O. The second-order valence-corrected chi connectivity index (χ2v) is 7.09. The van der Waals surface area contributed by atoms with Crippen LogP contribution in [0.4, 0.5) is 4.39 Å². The van der Waals surface area contributed by atoms with Crippen LogP contribution in [0.2, 0.25) is 0 Å². The third kappa shape index (κ3) is 5.28. The summed E-state index contributed by atoms with van der Waals surface area (Å²) < 4.78 is 13.6. The minimum absolute atomic E-state index is 0.0468. The van der Waals surface area contributed by atoms with Crippen LogP contribution in [0.5, 0.6) is 0 Å². The van der Waals surface area contributed by atoms with E-state index in [1.165, 1.54) is 6.07 Å². The van der Waals surface area contributed by atoms with Gasteiger partial charge in [0.2, 0.25) is 5.91 Å². The van der Waals surface area contributed by atoms with Gasteiger partial charge in [-0.25, -0.2) is 4.39 Å². The zero-order valence-electron chi connectivity index (χ0n) is 14.8. The van der Waals surface area contributed by atoms with Gasteiger partial charge >= 0.3 is 0 Å². The highest BCUT2D eigenvalue weighted by molar-refractivity contribution is 5.75. The molecule has 1 saturated carbocycles. The SMILES string of the molecule is CN(C)C(c1cccc(F)c1)C1CCC(CNC(=O)CCN)CC1. The number of amides is 1. The molecular weight excluding hydrogens is 305 g/mol. The molecule has 1 fully saturated rings. The Balaban J connectivity index is 1.90. The van der Waals surface area contributed by atoms with E-state index in [0.29, 0.717) is 24.8 Å². The van der Waals surface area contributed by atoms with E-state index in [9.17, 15) is 9.18 Å². The Hall–Kier alpha value is -1.46. The van der Waals surface area contributed by atoms with Crippen molar-refractivity contribution in [3.8, 4) is 0 Å². The summed E-state index contributed by atoms with van der Waals surface area (Å²) in [7, 11) is 4.13. The second kappa shape index (κ2) is 9.14. The van der Waals surface area contributed by atoms with Crippen LogP contribution in [0.15, 0.2) is 24.3 Å². The Morgan fingerprint density at radius 3 is 2.62 bits per heavy atom. The molecule has 0 radical (unpaired) electrons. The maximum atomic E-state index is 13.6. The summed E-state index contributed by atoms with van der Waals surface area (Å²) in [4.78, 5) is 13.7. The van der Waals surface area contributed by atoms with E-state index in [2.05, 4.69) is 24.3 Å². The number of carbonyl (C=O) groups is 1. The lowest BCUT2D eigenvalue weighted by molar-refractivity contribution is -0.121. The molecule has 0 spiro atoms. The zero-order valence-corrected chi connectivity index (χ0v) is 14.8. The van der Waals surface area contributed by atoms with Gasteiger partial charge < -0.3 is 16.0 Å². The normalized spacial score (nSPS) is 22.4. The summed E-state index contributed by atoms with van der Waals surface area (Å²) in [5.41, 5.74) is 6.45. The molecule has 0 bridgehead atoms. The number of nitrogens with zero attached hydrogens (tertiary/aromatic N) is 1. The predicted octanol–water partition coefficient (Wildman–Crippen LogP) is 2.70. The van der Waals surface area contributed by atoms with Crippen LogP contribution < -0.4 is 11.1 Å². The minimum atomic E-state index is -0.171. The molecule has 134 valence electrons. The predicted molar refractivity (Wildman–Crippen MR) is 95.0 cm³/mol. The Labute approximate surface area is 144 Å². The average Bonchev–Trinajstić information content (AvgIpc) is 2.54. The largest absolute Gasteiger partial charge is 0.356 e. The van der Waals surface area contributed by atoms with Gasteiger partial charge in [-0.3, -0.25) is 4.79 Å². The van der Waals surface area contributed by atoms with E-state index < -0.39 is 0 Å². The molecule has 1 aromatic rings. The van der Waals surface area contributed by atoms with Gasteiger partial charge in [-0.05, 0) is 69.3 Å². The number of carbonyl (C=O) groups excluding carboxylic acids is 1.